The van der Waals surface area contributed by atoms with Gasteiger partial charge in [0, 0.05) is 16.6 Å². The Labute approximate surface area is 191 Å². The van der Waals surface area contributed by atoms with Crippen LogP contribution in [0.25, 0.3) is 10.2 Å². The lowest BCUT2D eigenvalue weighted by Crippen LogP contribution is -2.29. The molecule has 31 heavy (non-hydrogen) atoms. The summed E-state index contributed by atoms with van der Waals surface area (Å²) >= 11 is 4.83. The van der Waals surface area contributed by atoms with Gasteiger partial charge < -0.3 is 0 Å². The van der Waals surface area contributed by atoms with Gasteiger partial charge in [0.15, 0.2) is 5.13 Å². The summed E-state index contributed by atoms with van der Waals surface area (Å²) < 4.78 is 29.5. The van der Waals surface area contributed by atoms with E-state index in [0.29, 0.717) is 29.3 Å². The van der Waals surface area contributed by atoms with Gasteiger partial charge in [-0.25, -0.2) is 13.4 Å². The molecular formula is C22H16BrN3O3S2. The predicted molar refractivity (Wildman–Crippen MR) is 126 cm³/mol. The van der Waals surface area contributed by atoms with Gasteiger partial charge in [-0.2, -0.15) is 0 Å². The second-order valence-electron chi connectivity index (χ2n) is 7.04. The van der Waals surface area contributed by atoms with E-state index >= 15 is 0 Å². The minimum absolute atomic E-state index is 0.157. The zero-order chi connectivity index (χ0) is 21.6. The number of nitrogens with one attached hydrogen (secondary N) is 1. The van der Waals surface area contributed by atoms with Crippen LogP contribution in [0.4, 0.5) is 10.8 Å². The normalized spacial score (nSPS) is 13.4. The summed E-state index contributed by atoms with van der Waals surface area (Å²) in [7, 11) is -3.69. The van der Waals surface area contributed by atoms with Crippen molar-refractivity contribution in [1.82, 2.24) is 4.98 Å². The Balaban J connectivity index is 1.37. The van der Waals surface area contributed by atoms with E-state index in [1.54, 1.807) is 0 Å². The highest BCUT2D eigenvalue weighted by molar-refractivity contribution is 9.10. The molecule has 0 unspecified atom stereocenters. The highest BCUT2D eigenvalue weighted by atomic mass is 79.9. The van der Waals surface area contributed by atoms with Crippen molar-refractivity contribution in [1.29, 1.82) is 0 Å². The fourth-order valence-electron chi connectivity index (χ4n) is 3.60. The summed E-state index contributed by atoms with van der Waals surface area (Å²) in [5.41, 5.74) is 2.88. The first-order chi connectivity index (χ1) is 14.9. The van der Waals surface area contributed by atoms with Gasteiger partial charge in [-0.1, -0.05) is 35.6 Å². The number of halogens is 1. The zero-order valence-electron chi connectivity index (χ0n) is 16.1. The summed E-state index contributed by atoms with van der Waals surface area (Å²) in [4.78, 5) is 17.2. The van der Waals surface area contributed by atoms with Crippen LogP contribution in [-0.4, -0.2) is 25.9 Å². The van der Waals surface area contributed by atoms with Crippen LogP contribution in [0.2, 0.25) is 0 Å². The molecule has 0 spiro atoms. The second-order valence-corrected chi connectivity index (χ2v) is 10.8. The molecule has 0 saturated heterocycles. The van der Waals surface area contributed by atoms with Crippen LogP contribution in [0, 0.1) is 0 Å². The fraction of sp³-hybridized carbons (Fsp3) is 0.0909. The van der Waals surface area contributed by atoms with Crippen LogP contribution in [0.1, 0.15) is 15.9 Å². The lowest BCUT2D eigenvalue weighted by Gasteiger charge is -2.19. The van der Waals surface area contributed by atoms with Gasteiger partial charge >= 0.3 is 0 Å². The number of rotatable bonds is 4. The quantitative estimate of drug-likeness (QED) is 0.413. The molecule has 9 heteroatoms. The monoisotopic (exact) mass is 513 g/mol. The van der Waals surface area contributed by atoms with Crippen molar-refractivity contribution in [3.8, 4) is 0 Å². The van der Waals surface area contributed by atoms with E-state index in [1.807, 2.05) is 42.5 Å². The van der Waals surface area contributed by atoms with Crippen molar-refractivity contribution in [3.63, 3.8) is 0 Å². The summed E-state index contributed by atoms with van der Waals surface area (Å²) in [5, 5.41) is 3.27. The molecule has 1 N–H and O–H groups in total. The number of benzene rings is 3. The van der Waals surface area contributed by atoms with Crippen molar-refractivity contribution in [2.45, 2.75) is 11.3 Å². The number of hydrogen-bond acceptors (Lipinski definition) is 5. The Kier molecular flexibility index (Phi) is 5.04. The van der Waals surface area contributed by atoms with Gasteiger partial charge in [0.05, 0.1) is 20.8 Å². The minimum atomic E-state index is -3.69. The van der Waals surface area contributed by atoms with E-state index in [2.05, 4.69) is 26.2 Å². The summed E-state index contributed by atoms with van der Waals surface area (Å²) in [6.07, 6.45) is 0.689. The largest absolute Gasteiger partial charge is 0.298 e. The Morgan fingerprint density at radius 3 is 2.58 bits per heavy atom. The van der Waals surface area contributed by atoms with Crippen molar-refractivity contribution < 1.29 is 13.2 Å². The van der Waals surface area contributed by atoms with Gasteiger partial charge in [0.25, 0.3) is 15.9 Å². The van der Waals surface area contributed by atoms with E-state index in [0.717, 1.165) is 20.3 Å². The molecule has 1 aliphatic rings. The lowest BCUT2D eigenvalue weighted by atomic mass is 10.2. The van der Waals surface area contributed by atoms with Crippen LogP contribution in [0.15, 0.2) is 76.1 Å². The molecule has 0 radical (unpaired) electrons. The molecule has 0 aliphatic carbocycles. The number of para-hydroxylation sites is 2. The Morgan fingerprint density at radius 1 is 1.03 bits per heavy atom. The highest BCUT2D eigenvalue weighted by Gasteiger charge is 2.30. The Hall–Kier alpha value is -2.75. The Bertz CT molecular complexity index is 1420. The van der Waals surface area contributed by atoms with Crippen LogP contribution < -0.4 is 9.62 Å². The molecule has 5 rings (SSSR count). The lowest BCUT2D eigenvalue weighted by molar-refractivity contribution is 0.102. The standard InChI is InChI=1S/C22H16BrN3O3S2/c23-17-5-3-7-19-20(17)24-22(30-19)25-21(27)15-8-10-16(11-9-15)31(28,29)26-13-12-14-4-1-2-6-18(14)26/h1-11H,12-13H2,(H,24,25,27). The predicted octanol–water partition coefficient (Wildman–Crippen LogP) is 5.06. The number of sulfonamides is 1. The van der Waals surface area contributed by atoms with Crippen molar-refractivity contribution in [3.05, 3.63) is 82.3 Å². The average molecular weight is 514 g/mol. The first kappa shape index (κ1) is 20.2. The molecule has 0 saturated carbocycles. The number of nitrogens with zero attached hydrogens (tertiary/aromatic N) is 2. The number of amides is 1. The molecular weight excluding hydrogens is 498 g/mol. The number of hydrogen-bond donors (Lipinski definition) is 1. The van der Waals surface area contributed by atoms with Crippen molar-refractivity contribution >= 4 is 64.2 Å². The molecule has 1 amide bonds. The van der Waals surface area contributed by atoms with E-state index in [4.69, 9.17) is 0 Å². The minimum Gasteiger partial charge on any atom is -0.298 e. The highest BCUT2D eigenvalue weighted by Crippen LogP contribution is 2.33. The third kappa shape index (κ3) is 3.62. The molecule has 6 nitrogen and oxygen atoms in total. The van der Waals surface area contributed by atoms with Crippen molar-refractivity contribution in [2.75, 3.05) is 16.2 Å². The van der Waals surface area contributed by atoms with Gasteiger partial charge in [-0.05, 0) is 70.4 Å². The molecule has 156 valence electrons. The maximum atomic E-state index is 13.1. The number of aromatic nitrogens is 1. The zero-order valence-corrected chi connectivity index (χ0v) is 19.3. The van der Waals surface area contributed by atoms with Crippen LogP contribution >= 0.6 is 27.3 Å². The van der Waals surface area contributed by atoms with E-state index in [1.165, 1.54) is 39.9 Å². The van der Waals surface area contributed by atoms with E-state index in [-0.39, 0.29) is 10.8 Å². The van der Waals surface area contributed by atoms with E-state index in [9.17, 15) is 13.2 Å². The molecule has 0 bridgehead atoms. The van der Waals surface area contributed by atoms with Gasteiger partial charge in [0.1, 0.15) is 0 Å². The number of anilines is 2. The van der Waals surface area contributed by atoms with Crippen LogP contribution in [0.5, 0.6) is 0 Å². The van der Waals surface area contributed by atoms with E-state index < -0.39 is 10.0 Å². The first-order valence-electron chi connectivity index (χ1n) is 9.50. The van der Waals surface area contributed by atoms with Gasteiger partial charge in [0.2, 0.25) is 0 Å². The summed E-state index contributed by atoms with van der Waals surface area (Å²) in [6, 6.07) is 19.2. The number of thiazole rings is 1. The molecule has 1 aromatic heterocycles. The molecule has 0 fully saturated rings. The Morgan fingerprint density at radius 2 is 1.81 bits per heavy atom. The third-order valence-electron chi connectivity index (χ3n) is 5.14. The number of fused-ring (bicyclic) bond motifs is 2. The second kappa shape index (κ2) is 7.74. The average Bonchev–Trinajstić information content (AvgIpc) is 3.39. The smallest absolute Gasteiger partial charge is 0.264 e. The van der Waals surface area contributed by atoms with Gasteiger partial charge in [-0.3, -0.25) is 14.4 Å². The third-order valence-corrected chi connectivity index (χ3v) is 8.54. The molecule has 4 aromatic rings. The SMILES string of the molecule is O=C(Nc1nc2c(Br)cccc2s1)c1ccc(S(=O)(=O)N2CCc3ccccc32)cc1. The van der Waals surface area contributed by atoms with Crippen LogP contribution in [-0.2, 0) is 16.4 Å². The molecule has 0 atom stereocenters. The number of carbonyl (C=O) groups is 1. The van der Waals surface area contributed by atoms with Gasteiger partial charge in [-0.15, -0.1) is 0 Å². The topological polar surface area (TPSA) is 79.4 Å². The van der Waals surface area contributed by atoms with Crippen molar-refractivity contribution in [2.24, 2.45) is 0 Å². The summed E-state index contributed by atoms with van der Waals surface area (Å²) in [5.74, 6) is -0.342. The molecule has 3 aromatic carbocycles. The fourth-order valence-corrected chi connectivity index (χ4v) is 6.58. The summed E-state index contributed by atoms with van der Waals surface area (Å²) in [6.45, 7) is 0.414. The van der Waals surface area contributed by atoms with Crippen LogP contribution in [0.3, 0.4) is 0 Å². The maximum Gasteiger partial charge on any atom is 0.264 e. The molecule has 1 aliphatic heterocycles. The maximum absolute atomic E-state index is 13.1. The number of carbonyl (C=O) groups excluding carboxylic acids is 1. The first-order valence-corrected chi connectivity index (χ1v) is 12.6. The molecule has 2 heterocycles.